The van der Waals surface area contributed by atoms with Gasteiger partial charge in [-0.25, -0.2) is 4.79 Å². The molecule has 0 aliphatic carbocycles. The summed E-state index contributed by atoms with van der Waals surface area (Å²) in [6, 6.07) is 15.6. The average molecular weight is 538 g/mol. The summed E-state index contributed by atoms with van der Waals surface area (Å²) < 4.78 is 16.2. The SMILES string of the molecule is CCOC(=O)c1c(NC(=O)CN2CCN(Cc3cc(OC)ccc3OC)CC2)sc(C)c1-c1ccccc1. The van der Waals surface area contributed by atoms with Gasteiger partial charge in [0.25, 0.3) is 0 Å². The molecule has 0 atom stereocenters. The van der Waals surface area contributed by atoms with Crippen LogP contribution in [-0.2, 0) is 16.1 Å². The Hall–Kier alpha value is -3.40. The third-order valence-corrected chi connectivity index (χ3v) is 7.61. The van der Waals surface area contributed by atoms with Gasteiger partial charge in [-0.15, -0.1) is 11.3 Å². The molecule has 2 aromatic carbocycles. The van der Waals surface area contributed by atoms with E-state index in [9.17, 15) is 9.59 Å². The highest BCUT2D eigenvalue weighted by Crippen LogP contribution is 2.40. The summed E-state index contributed by atoms with van der Waals surface area (Å²) in [7, 11) is 3.33. The van der Waals surface area contributed by atoms with Gasteiger partial charge in [0.05, 0.1) is 27.4 Å². The fourth-order valence-corrected chi connectivity index (χ4v) is 5.78. The molecule has 0 spiro atoms. The van der Waals surface area contributed by atoms with E-state index in [2.05, 4.69) is 15.1 Å². The van der Waals surface area contributed by atoms with Gasteiger partial charge < -0.3 is 19.5 Å². The van der Waals surface area contributed by atoms with Gasteiger partial charge in [0.1, 0.15) is 22.1 Å². The van der Waals surface area contributed by atoms with Crippen LogP contribution in [0.1, 0.15) is 27.7 Å². The van der Waals surface area contributed by atoms with E-state index in [1.807, 2.05) is 55.5 Å². The van der Waals surface area contributed by atoms with Gasteiger partial charge in [-0.3, -0.25) is 14.6 Å². The lowest BCUT2D eigenvalue weighted by molar-refractivity contribution is -0.117. The minimum absolute atomic E-state index is 0.140. The average Bonchev–Trinajstić information content (AvgIpc) is 3.25. The summed E-state index contributed by atoms with van der Waals surface area (Å²) in [5.74, 6) is 1.08. The number of anilines is 1. The maximum absolute atomic E-state index is 13.1. The van der Waals surface area contributed by atoms with Crippen molar-refractivity contribution in [3.63, 3.8) is 0 Å². The van der Waals surface area contributed by atoms with Crippen LogP contribution < -0.4 is 14.8 Å². The molecule has 0 radical (unpaired) electrons. The van der Waals surface area contributed by atoms with Crippen LogP contribution in [0.15, 0.2) is 48.5 Å². The molecule has 1 aliphatic heterocycles. The Balaban J connectivity index is 1.39. The number of amides is 1. The normalized spacial score (nSPS) is 14.2. The van der Waals surface area contributed by atoms with Crippen molar-refractivity contribution in [1.82, 2.24) is 9.80 Å². The van der Waals surface area contributed by atoms with E-state index >= 15 is 0 Å². The van der Waals surface area contributed by atoms with E-state index in [4.69, 9.17) is 14.2 Å². The summed E-state index contributed by atoms with van der Waals surface area (Å²) in [4.78, 5) is 31.4. The molecule has 0 saturated carbocycles. The number of piperazine rings is 1. The first-order valence-electron chi connectivity index (χ1n) is 12.7. The highest BCUT2D eigenvalue weighted by Gasteiger charge is 2.26. The summed E-state index contributed by atoms with van der Waals surface area (Å²) in [6.07, 6.45) is 0. The van der Waals surface area contributed by atoms with E-state index in [-0.39, 0.29) is 19.1 Å². The number of methoxy groups -OCH3 is 2. The number of esters is 1. The zero-order valence-electron chi connectivity index (χ0n) is 22.4. The van der Waals surface area contributed by atoms with Crippen LogP contribution in [0.2, 0.25) is 0 Å². The highest BCUT2D eigenvalue weighted by atomic mass is 32.1. The Kier molecular flexibility index (Phi) is 9.38. The van der Waals surface area contributed by atoms with Gasteiger partial charge in [-0.2, -0.15) is 0 Å². The molecule has 1 saturated heterocycles. The van der Waals surface area contributed by atoms with Crippen LogP contribution in [0.4, 0.5) is 5.00 Å². The van der Waals surface area contributed by atoms with E-state index < -0.39 is 5.97 Å². The van der Waals surface area contributed by atoms with Crippen LogP contribution in [0, 0.1) is 6.92 Å². The largest absolute Gasteiger partial charge is 0.497 e. The predicted octanol–water partition coefficient (Wildman–Crippen LogP) is 4.67. The smallest absolute Gasteiger partial charge is 0.341 e. The number of nitrogens with one attached hydrogen (secondary N) is 1. The number of carbonyl (C=O) groups excluding carboxylic acids is 2. The maximum atomic E-state index is 13.1. The van der Waals surface area contributed by atoms with Crippen molar-refractivity contribution in [2.45, 2.75) is 20.4 Å². The second-order valence-corrected chi connectivity index (χ2v) is 10.3. The van der Waals surface area contributed by atoms with Gasteiger partial charge in [0.15, 0.2) is 0 Å². The van der Waals surface area contributed by atoms with Crippen LogP contribution in [-0.4, -0.2) is 75.2 Å². The van der Waals surface area contributed by atoms with Crippen LogP contribution >= 0.6 is 11.3 Å². The number of hydrogen-bond donors (Lipinski definition) is 1. The molecule has 1 amide bonds. The van der Waals surface area contributed by atoms with E-state index in [0.717, 1.165) is 65.8 Å². The second kappa shape index (κ2) is 12.9. The molecule has 3 aromatic rings. The number of nitrogens with zero attached hydrogens (tertiary/aromatic N) is 2. The van der Waals surface area contributed by atoms with Gasteiger partial charge in [0.2, 0.25) is 5.91 Å². The Bertz CT molecular complexity index is 1250. The molecule has 38 heavy (non-hydrogen) atoms. The van der Waals surface area contributed by atoms with Crippen molar-refractivity contribution in [1.29, 1.82) is 0 Å². The maximum Gasteiger partial charge on any atom is 0.341 e. The number of aryl methyl sites for hydroxylation is 1. The van der Waals surface area contributed by atoms with Gasteiger partial charge in [0, 0.05) is 48.7 Å². The quantitative estimate of drug-likeness (QED) is 0.377. The molecule has 2 heterocycles. The number of benzene rings is 2. The topological polar surface area (TPSA) is 80.3 Å². The third-order valence-electron chi connectivity index (χ3n) is 6.59. The van der Waals surface area contributed by atoms with E-state index in [0.29, 0.717) is 10.6 Å². The number of hydrogen-bond acceptors (Lipinski definition) is 8. The molecule has 4 rings (SSSR count). The lowest BCUT2D eigenvalue weighted by Gasteiger charge is -2.34. The van der Waals surface area contributed by atoms with E-state index in [1.54, 1.807) is 21.1 Å². The van der Waals surface area contributed by atoms with Crippen LogP contribution in [0.25, 0.3) is 11.1 Å². The van der Waals surface area contributed by atoms with Gasteiger partial charge >= 0.3 is 5.97 Å². The van der Waals surface area contributed by atoms with Crippen molar-refractivity contribution < 1.29 is 23.8 Å². The first kappa shape index (κ1) is 27.6. The molecule has 9 heteroatoms. The van der Waals surface area contributed by atoms with Crippen molar-refractivity contribution in [2.24, 2.45) is 0 Å². The minimum Gasteiger partial charge on any atom is -0.497 e. The predicted molar refractivity (Wildman–Crippen MR) is 150 cm³/mol. The second-order valence-electron chi connectivity index (χ2n) is 9.10. The summed E-state index contributed by atoms with van der Waals surface area (Å²) in [6.45, 7) is 8.21. The molecule has 202 valence electrons. The van der Waals surface area contributed by atoms with Crippen molar-refractivity contribution in [3.8, 4) is 22.6 Å². The Morgan fingerprint density at radius 3 is 2.34 bits per heavy atom. The van der Waals surface area contributed by atoms with Crippen LogP contribution in [0.3, 0.4) is 0 Å². The standard InChI is InChI=1S/C29H35N3O5S/c1-5-37-29(34)27-26(21-9-7-6-8-10-21)20(2)38-28(27)30-25(33)19-32-15-13-31(14-16-32)18-22-17-23(35-3)11-12-24(22)36-4/h6-12,17H,5,13-16,18-19H2,1-4H3,(H,30,33). The summed E-state index contributed by atoms with van der Waals surface area (Å²) >= 11 is 1.41. The summed E-state index contributed by atoms with van der Waals surface area (Å²) in [5.41, 5.74) is 3.23. The highest BCUT2D eigenvalue weighted by molar-refractivity contribution is 7.17. The van der Waals surface area contributed by atoms with E-state index in [1.165, 1.54) is 11.3 Å². The number of thiophene rings is 1. The first-order chi connectivity index (χ1) is 18.4. The fraction of sp³-hybridized carbons (Fsp3) is 0.379. The fourth-order valence-electron chi connectivity index (χ4n) is 4.70. The first-order valence-corrected chi connectivity index (χ1v) is 13.6. The number of ether oxygens (including phenoxy) is 3. The zero-order valence-corrected chi connectivity index (χ0v) is 23.2. The number of carbonyl (C=O) groups is 2. The molecular formula is C29H35N3O5S. The Morgan fingerprint density at radius 2 is 1.68 bits per heavy atom. The Labute approximate surface area is 228 Å². The third kappa shape index (κ3) is 6.53. The molecule has 1 aromatic heterocycles. The van der Waals surface area contributed by atoms with Crippen molar-refractivity contribution >= 4 is 28.2 Å². The number of rotatable bonds is 10. The molecule has 0 bridgehead atoms. The molecule has 8 nitrogen and oxygen atoms in total. The van der Waals surface area contributed by atoms with Crippen LogP contribution in [0.5, 0.6) is 11.5 Å². The van der Waals surface area contributed by atoms with Crippen molar-refractivity contribution in [3.05, 3.63) is 64.5 Å². The van der Waals surface area contributed by atoms with Gasteiger partial charge in [-0.05, 0) is 37.6 Å². The molecule has 0 unspecified atom stereocenters. The molecular weight excluding hydrogens is 502 g/mol. The van der Waals surface area contributed by atoms with Gasteiger partial charge in [-0.1, -0.05) is 30.3 Å². The minimum atomic E-state index is -0.424. The molecule has 1 aliphatic rings. The lowest BCUT2D eigenvalue weighted by Crippen LogP contribution is -2.48. The monoisotopic (exact) mass is 537 g/mol. The zero-order chi connectivity index (χ0) is 27.1. The van der Waals surface area contributed by atoms with Crippen molar-refractivity contribution in [2.75, 3.05) is 58.9 Å². The lowest BCUT2D eigenvalue weighted by atomic mass is 10.0. The Morgan fingerprint density at radius 1 is 0.974 bits per heavy atom. The molecule has 1 fully saturated rings. The summed E-state index contributed by atoms with van der Waals surface area (Å²) in [5, 5.41) is 3.54. The molecule has 1 N–H and O–H groups in total.